The maximum absolute atomic E-state index is 12.5. The van der Waals surface area contributed by atoms with Gasteiger partial charge in [-0.2, -0.15) is 0 Å². The number of nitrogens with one attached hydrogen (secondary N) is 1. The molecular formula is C16H10ClN3O4. The van der Waals surface area contributed by atoms with Gasteiger partial charge < -0.3 is 5.32 Å². The smallest absolute Gasteiger partial charge is 0.302 e. The molecule has 2 aromatic rings. The molecule has 0 radical (unpaired) electrons. The molecule has 1 aliphatic rings. The number of imide groups is 1. The zero-order chi connectivity index (χ0) is 17.3. The monoisotopic (exact) mass is 343 g/mol. The van der Waals surface area contributed by atoms with E-state index in [9.17, 15) is 19.7 Å². The number of rotatable bonds is 3. The van der Waals surface area contributed by atoms with Crippen molar-refractivity contribution in [1.82, 2.24) is 5.32 Å². The van der Waals surface area contributed by atoms with E-state index in [-0.39, 0.29) is 16.9 Å². The summed E-state index contributed by atoms with van der Waals surface area (Å²) in [5.74, 6) is -0.597. The standard InChI is InChI=1S/C16H10ClN3O4/c17-11-5-7-12(8-6-11)19-15(21)13(18-16(19)22)9-10-3-1-2-4-14(10)20(23)24/h1-9H,(H,18,22)/b13-9+. The molecule has 24 heavy (non-hydrogen) atoms. The third-order valence-electron chi connectivity index (χ3n) is 3.40. The number of hydrogen-bond donors (Lipinski definition) is 1. The van der Waals surface area contributed by atoms with Crippen LogP contribution in [0.2, 0.25) is 5.02 Å². The first kappa shape index (κ1) is 15.7. The number of benzene rings is 2. The number of nitro groups is 1. The van der Waals surface area contributed by atoms with Crippen LogP contribution in [0.25, 0.3) is 6.08 Å². The van der Waals surface area contributed by atoms with Crippen LogP contribution < -0.4 is 10.2 Å². The van der Waals surface area contributed by atoms with Crippen molar-refractivity contribution in [2.45, 2.75) is 0 Å². The van der Waals surface area contributed by atoms with Crippen LogP contribution in [0.4, 0.5) is 16.2 Å². The van der Waals surface area contributed by atoms with Gasteiger partial charge >= 0.3 is 6.03 Å². The van der Waals surface area contributed by atoms with E-state index < -0.39 is 16.9 Å². The highest BCUT2D eigenvalue weighted by molar-refractivity contribution is 6.31. The van der Waals surface area contributed by atoms with Gasteiger partial charge in [-0.1, -0.05) is 23.7 Å². The van der Waals surface area contributed by atoms with Crippen LogP contribution >= 0.6 is 11.6 Å². The summed E-state index contributed by atoms with van der Waals surface area (Å²) in [5.41, 5.74) is 0.387. The summed E-state index contributed by atoms with van der Waals surface area (Å²) in [5, 5.41) is 13.9. The molecule has 1 heterocycles. The SMILES string of the molecule is O=C1N/C(=C/c2ccccc2[N+](=O)[O-])C(=O)N1c1ccc(Cl)cc1. The number of nitro benzene ring substituents is 1. The summed E-state index contributed by atoms with van der Waals surface area (Å²) in [6.07, 6.45) is 1.29. The number of anilines is 1. The molecule has 8 heteroatoms. The third kappa shape index (κ3) is 2.84. The molecule has 2 aromatic carbocycles. The second-order valence-corrected chi connectivity index (χ2v) is 5.36. The van der Waals surface area contributed by atoms with Crippen molar-refractivity contribution in [3.63, 3.8) is 0 Å². The number of para-hydroxylation sites is 1. The number of hydrogen-bond acceptors (Lipinski definition) is 4. The summed E-state index contributed by atoms with van der Waals surface area (Å²) >= 11 is 5.79. The molecule has 0 saturated carbocycles. The van der Waals surface area contributed by atoms with Crippen LogP contribution in [0.15, 0.2) is 54.2 Å². The fourth-order valence-corrected chi connectivity index (χ4v) is 2.42. The molecule has 0 spiro atoms. The molecule has 0 bridgehead atoms. The van der Waals surface area contributed by atoms with E-state index in [1.165, 1.54) is 36.4 Å². The van der Waals surface area contributed by atoms with Gasteiger partial charge in [0.05, 0.1) is 16.2 Å². The van der Waals surface area contributed by atoms with Crippen LogP contribution in [0.1, 0.15) is 5.56 Å². The minimum absolute atomic E-state index is 0.0377. The Morgan fingerprint density at radius 1 is 1.08 bits per heavy atom. The number of nitrogens with zero attached hydrogens (tertiary/aromatic N) is 2. The zero-order valence-electron chi connectivity index (χ0n) is 12.1. The quantitative estimate of drug-likeness (QED) is 0.400. The van der Waals surface area contributed by atoms with Crippen LogP contribution in [0.3, 0.4) is 0 Å². The average Bonchev–Trinajstić information content (AvgIpc) is 2.83. The van der Waals surface area contributed by atoms with Crippen molar-refractivity contribution in [1.29, 1.82) is 0 Å². The Labute approximate surface area is 141 Å². The van der Waals surface area contributed by atoms with Gasteiger partial charge in [0.25, 0.3) is 11.6 Å². The molecule has 7 nitrogen and oxygen atoms in total. The minimum atomic E-state index is -0.632. The molecule has 0 unspecified atom stereocenters. The van der Waals surface area contributed by atoms with Gasteiger partial charge in [0, 0.05) is 11.1 Å². The average molecular weight is 344 g/mol. The second kappa shape index (κ2) is 6.13. The van der Waals surface area contributed by atoms with E-state index >= 15 is 0 Å². The van der Waals surface area contributed by atoms with E-state index in [0.717, 1.165) is 4.90 Å². The Kier molecular flexibility index (Phi) is 4.01. The maximum Gasteiger partial charge on any atom is 0.333 e. The van der Waals surface area contributed by atoms with Gasteiger partial charge in [0.2, 0.25) is 0 Å². The molecule has 0 atom stereocenters. The summed E-state index contributed by atoms with van der Waals surface area (Å²) < 4.78 is 0. The van der Waals surface area contributed by atoms with E-state index in [0.29, 0.717) is 10.7 Å². The molecule has 3 amide bonds. The molecule has 1 saturated heterocycles. The largest absolute Gasteiger partial charge is 0.333 e. The van der Waals surface area contributed by atoms with Crippen molar-refractivity contribution in [3.05, 3.63) is 74.9 Å². The van der Waals surface area contributed by atoms with Crippen molar-refractivity contribution in [2.75, 3.05) is 4.90 Å². The number of amides is 3. The Bertz CT molecular complexity index is 877. The Balaban J connectivity index is 1.97. The predicted octanol–water partition coefficient (Wildman–Crippen LogP) is 3.35. The first-order chi connectivity index (χ1) is 11.5. The number of carbonyl (C=O) groups is 2. The highest BCUT2D eigenvalue weighted by Gasteiger charge is 2.35. The lowest BCUT2D eigenvalue weighted by molar-refractivity contribution is -0.385. The summed E-state index contributed by atoms with van der Waals surface area (Å²) in [7, 11) is 0. The van der Waals surface area contributed by atoms with Crippen LogP contribution in [-0.2, 0) is 4.79 Å². The fourth-order valence-electron chi connectivity index (χ4n) is 2.29. The van der Waals surface area contributed by atoms with E-state index in [1.54, 1.807) is 18.2 Å². The van der Waals surface area contributed by atoms with E-state index in [4.69, 9.17) is 11.6 Å². The number of urea groups is 1. The van der Waals surface area contributed by atoms with Crippen molar-refractivity contribution >= 4 is 41.0 Å². The van der Waals surface area contributed by atoms with Crippen LogP contribution in [0.5, 0.6) is 0 Å². The van der Waals surface area contributed by atoms with Gasteiger partial charge in [0.1, 0.15) is 5.70 Å². The molecule has 0 aliphatic carbocycles. The van der Waals surface area contributed by atoms with Crippen LogP contribution in [-0.4, -0.2) is 16.9 Å². The van der Waals surface area contributed by atoms with Gasteiger partial charge in [-0.25, -0.2) is 9.69 Å². The lowest BCUT2D eigenvalue weighted by Gasteiger charge is -2.11. The highest BCUT2D eigenvalue weighted by Crippen LogP contribution is 2.26. The highest BCUT2D eigenvalue weighted by atomic mass is 35.5. The summed E-state index contributed by atoms with van der Waals surface area (Å²) in [4.78, 5) is 36.0. The first-order valence-corrected chi connectivity index (χ1v) is 7.21. The van der Waals surface area contributed by atoms with E-state index in [2.05, 4.69) is 5.32 Å². The normalized spacial score (nSPS) is 15.7. The van der Waals surface area contributed by atoms with Gasteiger partial charge in [-0.3, -0.25) is 14.9 Å². The minimum Gasteiger partial charge on any atom is -0.302 e. The first-order valence-electron chi connectivity index (χ1n) is 6.83. The molecule has 3 rings (SSSR count). The second-order valence-electron chi connectivity index (χ2n) is 4.92. The third-order valence-corrected chi connectivity index (χ3v) is 3.65. The van der Waals surface area contributed by atoms with E-state index in [1.807, 2.05) is 0 Å². The molecular weight excluding hydrogens is 334 g/mol. The number of halogens is 1. The van der Waals surface area contributed by atoms with Crippen molar-refractivity contribution < 1.29 is 14.5 Å². The number of carbonyl (C=O) groups excluding carboxylic acids is 2. The molecule has 1 fully saturated rings. The maximum atomic E-state index is 12.5. The van der Waals surface area contributed by atoms with Gasteiger partial charge in [-0.05, 0) is 36.4 Å². The summed E-state index contributed by atoms with van der Waals surface area (Å²) in [6.45, 7) is 0. The Morgan fingerprint density at radius 2 is 1.75 bits per heavy atom. The molecule has 0 aromatic heterocycles. The van der Waals surface area contributed by atoms with Crippen molar-refractivity contribution in [3.8, 4) is 0 Å². The molecule has 120 valence electrons. The zero-order valence-corrected chi connectivity index (χ0v) is 12.9. The van der Waals surface area contributed by atoms with Crippen molar-refractivity contribution in [2.24, 2.45) is 0 Å². The molecule has 1 aliphatic heterocycles. The topological polar surface area (TPSA) is 92.5 Å². The predicted molar refractivity (Wildman–Crippen MR) is 88.5 cm³/mol. The molecule has 1 N–H and O–H groups in total. The Hall–Kier alpha value is -3.19. The van der Waals surface area contributed by atoms with Crippen LogP contribution in [0, 0.1) is 10.1 Å². The Morgan fingerprint density at radius 3 is 2.42 bits per heavy atom. The van der Waals surface area contributed by atoms with Gasteiger partial charge in [-0.15, -0.1) is 0 Å². The van der Waals surface area contributed by atoms with Gasteiger partial charge in [0.15, 0.2) is 0 Å². The fraction of sp³-hybridized carbons (Fsp3) is 0. The lowest BCUT2D eigenvalue weighted by Crippen LogP contribution is -2.30. The lowest BCUT2D eigenvalue weighted by atomic mass is 10.1. The summed E-state index contributed by atoms with van der Waals surface area (Å²) in [6, 6.07) is 11.5.